The van der Waals surface area contributed by atoms with Gasteiger partial charge in [-0.15, -0.1) is 11.3 Å². The SMILES string of the molecule is Ic1ccccc1C(Nc1nccs1)(c1ccccc1)c1ccccc1. The maximum atomic E-state index is 4.51. The first-order valence-electron chi connectivity index (χ1n) is 8.34. The highest BCUT2D eigenvalue weighted by Crippen LogP contribution is 2.42. The van der Waals surface area contributed by atoms with Crippen LogP contribution in [0.2, 0.25) is 0 Å². The van der Waals surface area contributed by atoms with Crippen molar-refractivity contribution in [3.63, 3.8) is 0 Å². The topological polar surface area (TPSA) is 24.9 Å². The molecule has 26 heavy (non-hydrogen) atoms. The first-order valence-corrected chi connectivity index (χ1v) is 10.3. The van der Waals surface area contributed by atoms with Crippen LogP contribution < -0.4 is 5.32 Å². The standard InChI is InChI=1S/C22H17IN2S/c23-20-14-8-7-13-19(20)22(17-9-3-1-4-10-17,18-11-5-2-6-12-18)25-21-24-15-16-26-21/h1-16H,(H,24,25). The highest BCUT2D eigenvalue weighted by Gasteiger charge is 2.38. The fourth-order valence-corrected chi connectivity index (χ4v) is 4.65. The van der Waals surface area contributed by atoms with Crippen LogP contribution in [0.5, 0.6) is 0 Å². The van der Waals surface area contributed by atoms with E-state index in [-0.39, 0.29) is 0 Å². The number of aromatic nitrogens is 1. The molecule has 4 rings (SSSR count). The monoisotopic (exact) mass is 468 g/mol. The Hall–Kier alpha value is -2.18. The van der Waals surface area contributed by atoms with Gasteiger partial charge in [-0.05, 0) is 45.3 Å². The Morgan fingerprint density at radius 1 is 0.769 bits per heavy atom. The second-order valence-electron chi connectivity index (χ2n) is 5.92. The first kappa shape index (κ1) is 17.2. The molecule has 0 aliphatic rings. The van der Waals surface area contributed by atoms with Crippen molar-refractivity contribution in [1.82, 2.24) is 4.98 Å². The van der Waals surface area contributed by atoms with E-state index in [1.165, 1.54) is 20.3 Å². The minimum absolute atomic E-state index is 0.516. The molecule has 1 heterocycles. The molecule has 0 radical (unpaired) electrons. The molecule has 2 nitrogen and oxygen atoms in total. The summed E-state index contributed by atoms with van der Waals surface area (Å²) >= 11 is 4.04. The summed E-state index contributed by atoms with van der Waals surface area (Å²) in [5, 5.41) is 6.66. The van der Waals surface area contributed by atoms with Crippen LogP contribution in [0, 0.1) is 3.57 Å². The fraction of sp³-hybridized carbons (Fsp3) is 0.0455. The summed E-state index contributed by atoms with van der Waals surface area (Å²) in [6.45, 7) is 0. The quantitative estimate of drug-likeness (QED) is 0.281. The van der Waals surface area contributed by atoms with Gasteiger partial charge in [-0.1, -0.05) is 78.9 Å². The van der Waals surface area contributed by atoms with Crippen molar-refractivity contribution in [3.8, 4) is 0 Å². The van der Waals surface area contributed by atoms with Crippen LogP contribution in [0.15, 0.2) is 96.5 Å². The van der Waals surface area contributed by atoms with Gasteiger partial charge in [0.15, 0.2) is 5.13 Å². The molecule has 0 bridgehead atoms. The molecule has 0 aliphatic carbocycles. The van der Waals surface area contributed by atoms with Gasteiger partial charge in [-0.2, -0.15) is 0 Å². The zero-order valence-electron chi connectivity index (χ0n) is 14.0. The number of hydrogen-bond acceptors (Lipinski definition) is 3. The van der Waals surface area contributed by atoms with E-state index in [9.17, 15) is 0 Å². The van der Waals surface area contributed by atoms with Crippen LogP contribution in [-0.4, -0.2) is 4.98 Å². The second kappa shape index (κ2) is 7.60. The average Bonchev–Trinajstić information content (AvgIpc) is 3.21. The third-order valence-corrected chi connectivity index (χ3v) is 6.05. The number of hydrogen-bond donors (Lipinski definition) is 1. The first-order chi connectivity index (χ1) is 12.8. The van der Waals surface area contributed by atoms with Crippen molar-refractivity contribution in [2.75, 3.05) is 5.32 Å². The number of rotatable bonds is 5. The third-order valence-electron chi connectivity index (χ3n) is 4.42. The summed E-state index contributed by atoms with van der Waals surface area (Å²) in [6, 6.07) is 29.7. The molecule has 3 aromatic carbocycles. The van der Waals surface area contributed by atoms with E-state index in [4.69, 9.17) is 0 Å². The summed E-state index contributed by atoms with van der Waals surface area (Å²) in [5.41, 5.74) is 3.07. The van der Waals surface area contributed by atoms with Crippen LogP contribution in [0.1, 0.15) is 16.7 Å². The lowest BCUT2D eigenvalue weighted by Crippen LogP contribution is -2.38. The van der Waals surface area contributed by atoms with E-state index in [1.54, 1.807) is 11.3 Å². The molecule has 128 valence electrons. The number of benzene rings is 3. The Kier molecular flexibility index (Phi) is 5.04. The normalized spacial score (nSPS) is 11.3. The number of nitrogens with zero attached hydrogens (tertiary/aromatic N) is 1. The Morgan fingerprint density at radius 2 is 1.35 bits per heavy atom. The summed E-state index contributed by atoms with van der Waals surface area (Å²) in [5.74, 6) is 0. The summed E-state index contributed by atoms with van der Waals surface area (Å²) in [7, 11) is 0. The van der Waals surface area contributed by atoms with Gasteiger partial charge in [0.1, 0.15) is 5.54 Å². The maximum absolute atomic E-state index is 4.51. The van der Waals surface area contributed by atoms with Gasteiger partial charge >= 0.3 is 0 Å². The van der Waals surface area contributed by atoms with Crippen molar-refractivity contribution >= 4 is 39.1 Å². The van der Waals surface area contributed by atoms with Gasteiger partial charge < -0.3 is 5.32 Å². The molecule has 1 N–H and O–H groups in total. The smallest absolute Gasteiger partial charge is 0.183 e. The molecule has 1 aromatic heterocycles. The molecule has 0 saturated heterocycles. The highest BCUT2D eigenvalue weighted by atomic mass is 127. The van der Waals surface area contributed by atoms with Crippen molar-refractivity contribution in [1.29, 1.82) is 0 Å². The zero-order valence-corrected chi connectivity index (χ0v) is 16.9. The predicted octanol–water partition coefficient (Wildman–Crippen LogP) is 6.15. The molecule has 0 atom stereocenters. The second-order valence-corrected chi connectivity index (χ2v) is 7.98. The largest absolute Gasteiger partial charge is 0.344 e. The average molecular weight is 468 g/mol. The van der Waals surface area contributed by atoms with Gasteiger partial charge in [-0.25, -0.2) is 4.98 Å². The van der Waals surface area contributed by atoms with Crippen molar-refractivity contribution < 1.29 is 0 Å². The lowest BCUT2D eigenvalue weighted by molar-refractivity contribution is 0.706. The van der Waals surface area contributed by atoms with Crippen molar-refractivity contribution in [3.05, 3.63) is 117 Å². The molecule has 0 spiro atoms. The van der Waals surface area contributed by atoms with E-state index in [0.29, 0.717) is 0 Å². The fourth-order valence-electron chi connectivity index (χ4n) is 3.28. The molecule has 0 fully saturated rings. The minimum atomic E-state index is -0.516. The number of thiazole rings is 1. The van der Waals surface area contributed by atoms with Crippen molar-refractivity contribution in [2.24, 2.45) is 0 Å². The van der Waals surface area contributed by atoms with Gasteiger partial charge in [0.2, 0.25) is 0 Å². The lowest BCUT2D eigenvalue weighted by atomic mass is 9.77. The van der Waals surface area contributed by atoms with Crippen LogP contribution in [0.4, 0.5) is 5.13 Å². The molecular formula is C22H17IN2S. The summed E-state index contributed by atoms with van der Waals surface area (Å²) in [4.78, 5) is 4.51. The number of nitrogens with one attached hydrogen (secondary N) is 1. The van der Waals surface area contributed by atoms with E-state index >= 15 is 0 Å². The van der Waals surface area contributed by atoms with Crippen molar-refractivity contribution in [2.45, 2.75) is 5.54 Å². The Labute approximate surface area is 171 Å². The molecule has 0 saturated carbocycles. The molecule has 0 aliphatic heterocycles. The van der Waals surface area contributed by atoms with Crippen LogP contribution in [0.25, 0.3) is 0 Å². The van der Waals surface area contributed by atoms with Crippen LogP contribution in [0.3, 0.4) is 0 Å². The van der Waals surface area contributed by atoms with E-state index in [0.717, 1.165) is 5.13 Å². The Balaban J connectivity index is 2.05. The molecule has 4 heteroatoms. The molecule has 0 unspecified atom stereocenters. The van der Waals surface area contributed by atoms with Gasteiger partial charge in [0.25, 0.3) is 0 Å². The van der Waals surface area contributed by atoms with Gasteiger partial charge in [-0.3, -0.25) is 0 Å². The zero-order chi connectivity index (χ0) is 17.8. The molecular weight excluding hydrogens is 451 g/mol. The van der Waals surface area contributed by atoms with E-state index in [2.05, 4.69) is 118 Å². The Morgan fingerprint density at radius 3 is 1.88 bits per heavy atom. The third kappa shape index (κ3) is 3.15. The molecule has 0 amide bonds. The lowest BCUT2D eigenvalue weighted by Gasteiger charge is -2.37. The van der Waals surface area contributed by atoms with Gasteiger partial charge in [0.05, 0.1) is 0 Å². The predicted molar refractivity (Wildman–Crippen MR) is 118 cm³/mol. The minimum Gasteiger partial charge on any atom is -0.344 e. The number of halogens is 1. The van der Waals surface area contributed by atoms with E-state index in [1.807, 2.05) is 11.6 Å². The summed E-state index contributed by atoms with van der Waals surface area (Å²) < 4.78 is 1.21. The number of anilines is 1. The highest BCUT2D eigenvalue weighted by molar-refractivity contribution is 14.1. The Bertz CT molecular complexity index is 930. The van der Waals surface area contributed by atoms with E-state index < -0.39 is 5.54 Å². The van der Waals surface area contributed by atoms with Gasteiger partial charge in [0, 0.05) is 15.1 Å². The maximum Gasteiger partial charge on any atom is 0.183 e. The van der Waals surface area contributed by atoms with Crippen LogP contribution in [-0.2, 0) is 5.54 Å². The molecule has 4 aromatic rings. The van der Waals surface area contributed by atoms with Crippen LogP contribution >= 0.6 is 33.9 Å². The summed E-state index contributed by atoms with van der Waals surface area (Å²) in [6.07, 6.45) is 1.84.